The van der Waals surface area contributed by atoms with Crippen molar-refractivity contribution < 1.29 is 19.4 Å². The van der Waals surface area contributed by atoms with Crippen LogP contribution >= 0.6 is 24.0 Å². The second-order valence-corrected chi connectivity index (χ2v) is 7.36. The van der Waals surface area contributed by atoms with E-state index in [1.54, 1.807) is 18.2 Å². The number of rotatable bonds is 9. The molecule has 7 heteroatoms. The molecule has 1 N–H and O–H groups in total. The van der Waals surface area contributed by atoms with Crippen LogP contribution in [-0.2, 0) is 9.59 Å². The van der Waals surface area contributed by atoms with Crippen LogP contribution in [0.1, 0.15) is 31.7 Å². The maximum Gasteiger partial charge on any atom is 0.326 e. The van der Waals surface area contributed by atoms with Crippen molar-refractivity contribution in [3.05, 3.63) is 47.4 Å². The molecule has 1 atom stereocenters. The van der Waals surface area contributed by atoms with Gasteiger partial charge in [-0.2, -0.15) is 0 Å². The average Bonchev–Trinajstić information content (AvgIpc) is 2.89. The summed E-state index contributed by atoms with van der Waals surface area (Å²) in [5.41, 5.74) is 0.732. The van der Waals surface area contributed by atoms with Crippen LogP contribution in [0.15, 0.2) is 41.8 Å². The molecule has 1 aliphatic rings. The van der Waals surface area contributed by atoms with E-state index in [-0.39, 0.29) is 10.2 Å². The number of unbranched alkanes of at least 4 members (excludes halogenated alkanes) is 1. The number of para-hydroxylation sites is 1. The summed E-state index contributed by atoms with van der Waals surface area (Å²) in [6, 6.07) is 6.38. The lowest BCUT2D eigenvalue weighted by molar-refractivity contribution is -0.145. The van der Waals surface area contributed by atoms with E-state index >= 15 is 0 Å². The Morgan fingerprint density at radius 2 is 2.19 bits per heavy atom. The van der Waals surface area contributed by atoms with Crippen LogP contribution in [0.4, 0.5) is 0 Å². The van der Waals surface area contributed by atoms with Gasteiger partial charge in [-0.25, -0.2) is 4.79 Å². The summed E-state index contributed by atoms with van der Waals surface area (Å²) in [6.45, 7) is 5.95. The maximum atomic E-state index is 12.8. The van der Waals surface area contributed by atoms with Crippen LogP contribution in [0.5, 0.6) is 5.75 Å². The molecule has 1 aliphatic heterocycles. The summed E-state index contributed by atoms with van der Waals surface area (Å²) in [5.74, 6) is -0.786. The van der Waals surface area contributed by atoms with Crippen molar-refractivity contribution >= 4 is 46.3 Å². The number of hydrogen-bond acceptors (Lipinski definition) is 5. The highest BCUT2D eigenvalue weighted by Gasteiger charge is 2.40. The smallest absolute Gasteiger partial charge is 0.326 e. The number of aliphatic carboxylic acids is 1. The second kappa shape index (κ2) is 9.54. The zero-order valence-electron chi connectivity index (χ0n) is 14.5. The first-order valence-electron chi connectivity index (χ1n) is 8.32. The monoisotopic (exact) mass is 391 g/mol. The van der Waals surface area contributed by atoms with Crippen molar-refractivity contribution in [2.45, 2.75) is 32.2 Å². The van der Waals surface area contributed by atoms with E-state index in [1.807, 2.05) is 25.1 Å². The minimum atomic E-state index is -1.04. The molecule has 0 bridgehead atoms. The van der Waals surface area contributed by atoms with E-state index in [4.69, 9.17) is 17.0 Å². The van der Waals surface area contributed by atoms with Crippen LogP contribution in [0, 0.1) is 0 Å². The fraction of sp³-hybridized carbons (Fsp3) is 0.316. The van der Waals surface area contributed by atoms with Crippen molar-refractivity contribution in [2.75, 3.05) is 6.61 Å². The Balaban J connectivity index is 2.29. The maximum absolute atomic E-state index is 12.8. The van der Waals surface area contributed by atoms with Crippen molar-refractivity contribution in [1.29, 1.82) is 0 Å². The van der Waals surface area contributed by atoms with Gasteiger partial charge in [0.25, 0.3) is 5.91 Å². The number of carboxylic acids is 1. The number of thiocarbonyl (C=S) groups is 1. The van der Waals surface area contributed by atoms with E-state index in [0.717, 1.165) is 23.7 Å². The Bertz CT molecular complexity index is 745. The molecule has 2 rings (SSSR count). The first-order chi connectivity index (χ1) is 12.5. The standard InChI is InChI=1S/C19H21NO4S2/c1-3-5-9-14(18(22)23)20-17(21)16(26-19(20)25)12-13-8-6-7-10-15(13)24-11-4-2/h4,6-8,10,12,14H,2-3,5,9,11H2,1H3,(H,22,23)/b16-12-/t14-/m1/s1. The number of carboxylic acid groups (broad SMARTS) is 1. The summed E-state index contributed by atoms with van der Waals surface area (Å²) < 4.78 is 5.87. The normalized spacial score (nSPS) is 16.8. The van der Waals surface area contributed by atoms with Gasteiger partial charge in [-0.1, -0.05) is 74.6 Å². The van der Waals surface area contributed by atoms with Crippen LogP contribution in [-0.4, -0.2) is 38.9 Å². The third kappa shape index (κ3) is 4.74. The van der Waals surface area contributed by atoms with Crippen LogP contribution in [0.3, 0.4) is 0 Å². The van der Waals surface area contributed by atoms with Crippen molar-refractivity contribution in [3.63, 3.8) is 0 Å². The predicted octanol–water partition coefficient (Wildman–Crippen LogP) is 4.10. The number of benzene rings is 1. The number of carbonyl (C=O) groups is 2. The van der Waals surface area contributed by atoms with Gasteiger partial charge in [-0.15, -0.1) is 0 Å². The molecule has 0 spiro atoms. The SMILES string of the molecule is C=CCOc1ccccc1/C=C1\SC(=S)N([C@H](CCCC)C(=O)O)C1=O. The molecule has 0 saturated carbocycles. The highest BCUT2D eigenvalue weighted by molar-refractivity contribution is 8.26. The van der Waals surface area contributed by atoms with Gasteiger partial charge < -0.3 is 9.84 Å². The molecule has 0 aliphatic carbocycles. The summed E-state index contributed by atoms with van der Waals surface area (Å²) in [6.07, 6.45) is 5.27. The number of amides is 1. The summed E-state index contributed by atoms with van der Waals surface area (Å²) in [5, 5.41) is 9.50. The molecular formula is C19H21NO4S2. The fourth-order valence-corrected chi connectivity index (χ4v) is 3.88. The molecular weight excluding hydrogens is 370 g/mol. The van der Waals surface area contributed by atoms with Gasteiger partial charge in [-0.05, 0) is 18.6 Å². The van der Waals surface area contributed by atoms with Gasteiger partial charge in [0, 0.05) is 5.56 Å². The fourth-order valence-electron chi connectivity index (χ4n) is 2.53. The van der Waals surface area contributed by atoms with Crippen molar-refractivity contribution in [2.24, 2.45) is 0 Å². The molecule has 1 amide bonds. The Labute approximate surface area is 162 Å². The molecule has 0 aromatic heterocycles. The van der Waals surface area contributed by atoms with Gasteiger partial charge in [0.1, 0.15) is 22.7 Å². The van der Waals surface area contributed by atoms with Crippen molar-refractivity contribution in [3.8, 4) is 5.75 Å². The lowest BCUT2D eigenvalue weighted by Gasteiger charge is -2.22. The zero-order valence-corrected chi connectivity index (χ0v) is 16.1. The van der Waals surface area contributed by atoms with E-state index in [0.29, 0.717) is 30.1 Å². The van der Waals surface area contributed by atoms with Gasteiger partial charge in [0.05, 0.1) is 4.91 Å². The summed E-state index contributed by atoms with van der Waals surface area (Å²) >= 11 is 6.40. The van der Waals surface area contributed by atoms with Gasteiger partial charge in [0.2, 0.25) is 0 Å². The molecule has 0 unspecified atom stereocenters. The van der Waals surface area contributed by atoms with Crippen molar-refractivity contribution in [1.82, 2.24) is 4.90 Å². The van der Waals surface area contributed by atoms with E-state index in [9.17, 15) is 14.7 Å². The number of hydrogen-bond donors (Lipinski definition) is 1. The molecule has 1 saturated heterocycles. The highest BCUT2D eigenvalue weighted by Crippen LogP contribution is 2.36. The van der Waals surface area contributed by atoms with Crippen LogP contribution in [0.25, 0.3) is 6.08 Å². The number of carbonyl (C=O) groups excluding carboxylic acids is 1. The molecule has 1 heterocycles. The van der Waals surface area contributed by atoms with Gasteiger partial charge in [0.15, 0.2) is 0 Å². The predicted molar refractivity (Wildman–Crippen MR) is 108 cm³/mol. The highest BCUT2D eigenvalue weighted by atomic mass is 32.2. The molecule has 0 radical (unpaired) electrons. The molecule has 1 aromatic carbocycles. The number of ether oxygens (including phenoxy) is 1. The molecule has 26 heavy (non-hydrogen) atoms. The average molecular weight is 392 g/mol. The van der Waals surface area contributed by atoms with E-state index in [2.05, 4.69) is 6.58 Å². The Hall–Kier alpha value is -2.12. The molecule has 1 fully saturated rings. The topological polar surface area (TPSA) is 66.8 Å². The summed E-state index contributed by atoms with van der Waals surface area (Å²) in [4.78, 5) is 26.0. The van der Waals surface area contributed by atoms with Crippen LogP contribution < -0.4 is 4.74 Å². The molecule has 138 valence electrons. The van der Waals surface area contributed by atoms with E-state index < -0.39 is 12.0 Å². The molecule has 1 aromatic rings. The minimum Gasteiger partial charge on any atom is -0.489 e. The lowest BCUT2D eigenvalue weighted by Crippen LogP contribution is -2.43. The first-order valence-corrected chi connectivity index (χ1v) is 9.54. The number of nitrogens with zero attached hydrogens (tertiary/aromatic N) is 1. The quantitative estimate of drug-likeness (QED) is 0.388. The lowest BCUT2D eigenvalue weighted by atomic mass is 10.1. The Morgan fingerprint density at radius 3 is 2.85 bits per heavy atom. The third-order valence-electron chi connectivity index (χ3n) is 3.81. The second-order valence-electron chi connectivity index (χ2n) is 5.69. The third-order valence-corrected chi connectivity index (χ3v) is 5.14. The zero-order chi connectivity index (χ0) is 19.1. The summed E-state index contributed by atoms with van der Waals surface area (Å²) in [7, 11) is 0. The van der Waals surface area contributed by atoms with Gasteiger partial charge >= 0.3 is 5.97 Å². The van der Waals surface area contributed by atoms with Crippen LogP contribution in [0.2, 0.25) is 0 Å². The Kier molecular flexibility index (Phi) is 7.41. The minimum absolute atomic E-state index is 0.272. The first kappa shape index (κ1) is 20.2. The van der Waals surface area contributed by atoms with Gasteiger partial charge in [-0.3, -0.25) is 9.69 Å². The van der Waals surface area contributed by atoms with E-state index in [1.165, 1.54) is 4.90 Å². The molecule has 5 nitrogen and oxygen atoms in total. The largest absolute Gasteiger partial charge is 0.489 e. The Morgan fingerprint density at radius 1 is 1.46 bits per heavy atom. The number of thioether (sulfide) groups is 1.